The monoisotopic (exact) mass is 968 g/mol. The number of carbonyl (C=O) groups excluding carboxylic acids is 11. The molecule has 2 saturated heterocycles. The minimum atomic E-state index is -1.51. The smallest absolute Gasteiger partial charge is 0.326 e. The van der Waals surface area contributed by atoms with Gasteiger partial charge in [0.05, 0.1) is 31.8 Å². The number of carbonyl (C=O) groups is 12. The van der Waals surface area contributed by atoms with E-state index in [1.807, 2.05) is 0 Å². The number of rotatable bonds is 30. The SMILES string of the molecule is CC(C)C[C@H](NC(=O)CNC(=O)[C@H](CCC(N)=O)NC(=O)[C@H](CCC(N)=O)NC(=O)CNC(=O)[C@@H]1C[C@@H](O)CN1)C(=O)N[C@@H](C)C(=O)NCC(=O)N1CCC[C@H]1C(=O)N[C@@H](CCCCN)C(=O)O. The third-order valence-electron chi connectivity index (χ3n) is 10.9. The summed E-state index contributed by atoms with van der Waals surface area (Å²) < 4.78 is 0. The number of amides is 11. The second-order valence-corrected chi connectivity index (χ2v) is 17.1. The maximum atomic E-state index is 13.4. The van der Waals surface area contributed by atoms with Gasteiger partial charge in [-0.3, -0.25) is 52.7 Å². The van der Waals surface area contributed by atoms with Crippen LogP contribution in [0.4, 0.5) is 0 Å². The van der Waals surface area contributed by atoms with Crippen LogP contribution >= 0.6 is 0 Å². The van der Waals surface area contributed by atoms with Crippen LogP contribution in [0.2, 0.25) is 0 Å². The van der Waals surface area contributed by atoms with Crippen LogP contribution in [0.5, 0.6) is 0 Å². The van der Waals surface area contributed by atoms with Crippen molar-refractivity contribution in [1.82, 2.24) is 52.8 Å². The lowest BCUT2D eigenvalue weighted by atomic mass is 10.0. The molecule has 0 radical (unpaired) electrons. The Morgan fingerprint density at radius 1 is 0.662 bits per heavy atom. The van der Waals surface area contributed by atoms with Crippen molar-refractivity contribution in [1.29, 1.82) is 0 Å². The number of aliphatic carboxylic acids is 1. The van der Waals surface area contributed by atoms with Crippen LogP contribution in [-0.2, 0) is 57.5 Å². The molecule has 2 aliphatic rings. The fourth-order valence-electron chi connectivity index (χ4n) is 7.23. The predicted octanol–water partition coefficient (Wildman–Crippen LogP) is -6.72. The number of nitrogens with one attached hydrogen (secondary N) is 9. The van der Waals surface area contributed by atoms with Crippen LogP contribution < -0.4 is 65.1 Å². The van der Waals surface area contributed by atoms with Crippen molar-refractivity contribution in [3.05, 3.63) is 0 Å². The third kappa shape index (κ3) is 21.0. The molecule has 382 valence electrons. The fraction of sp³-hybridized carbons (Fsp3) is 0.707. The first-order chi connectivity index (χ1) is 32.0. The van der Waals surface area contributed by atoms with Gasteiger partial charge in [0.15, 0.2) is 0 Å². The molecule has 2 heterocycles. The van der Waals surface area contributed by atoms with Crippen LogP contribution in [-0.4, -0.2) is 174 Å². The zero-order chi connectivity index (χ0) is 51.1. The van der Waals surface area contributed by atoms with Crippen molar-refractivity contribution >= 4 is 70.9 Å². The molecular weight excluding hydrogens is 899 g/mol. The van der Waals surface area contributed by atoms with E-state index in [1.165, 1.54) is 11.8 Å². The molecule has 2 aliphatic heterocycles. The number of carboxylic acid groups (broad SMARTS) is 1. The molecule has 0 unspecified atom stereocenters. The molecule has 0 aromatic carbocycles. The summed E-state index contributed by atoms with van der Waals surface area (Å²) in [5, 5.41) is 41.2. The van der Waals surface area contributed by atoms with Crippen LogP contribution in [0.15, 0.2) is 0 Å². The van der Waals surface area contributed by atoms with Gasteiger partial charge in [-0.2, -0.15) is 0 Å². The number of hydrogen-bond acceptors (Lipinski definition) is 15. The van der Waals surface area contributed by atoms with Gasteiger partial charge < -0.3 is 80.2 Å². The molecule has 2 fully saturated rings. The number of β-amino-alcohol motifs (C(OH)–C–C–N with tert-alkyl or cyclic N) is 1. The van der Waals surface area contributed by atoms with Crippen LogP contribution in [0.3, 0.4) is 0 Å². The Balaban J connectivity index is 2.00. The van der Waals surface area contributed by atoms with Gasteiger partial charge in [0.1, 0.15) is 36.3 Å². The first-order valence-electron chi connectivity index (χ1n) is 22.6. The number of nitrogens with two attached hydrogens (primary N) is 3. The van der Waals surface area contributed by atoms with Gasteiger partial charge in [0, 0.05) is 25.9 Å². The van der Waals surface area contributed by atoms with E-state index in [2.05, 4.69) is 47.9 Å². The number of unbranched alkanes of at least 4 members (excludes halogenated alkanes) is 1. The summed E-state index contributed by atoms with van der Waals surface area (Å²) in [5.41, 5.74) is 16.0. The van der Waals surface area contributed by atoms with Crippen LogP contribution in [0.25, 0.3) is 0 Å². The molecule has 0 saturated carbocycles. The molecule has 27 heteroatoms. The van der Waals surface area contributed by atoms with E-state index in [4.69, 9.17) is 17.2 Å². The van der Waals surface area contributed by atoms with E-state index in [9.17, 15) is 67.7 Å². The average molecular weight is 968 g/mol. The topological polar surface area (TPSA) is 435 Å². The van der Waals surface area contributed by atoms with E-state index in [0.29, 0.717) is 25.8 Å². The van der Waals surface area contributed by atoms with Gasteiger partial charge in [-0.15, -0.1) is 0 Å². The van der Waals surface area contributed by atoms with E-state index in [-0.39, 0.29) is 64.0 Å². The largest absolute Gasteiger partial charge is 0.480 e. The Kier molecular flexibility index (Phi) is 24.9. The fourth-order valence-corrected chi connectivity index (χ4v) is 7.23. The van der Waals surface area contributed by atoms with Crippen LogP contribution in [0, 0.1) is 5.92 Å². The molecule has 0 bridgehead atoms. The summed E-state index contributed by atoms with van der Waals surface area (Å²) in [7, 11) is 0. The quantitative estimate of drug-likeness (QED) is 0.0298. The lowest BCUT2D eigenvalue weighted by Gasteiger charge is -2.26. The van der Waals surface area contributed by atoms with E-state index >= 15 is 0 Å². The standard InChI is InChI=1S/C41H69N13O14/c1-21(2)15-28(39(65)49-22(3)35(61)48-20-34(60)54-14-6-8-29(54)40(66)53-26(41(67)68)7-4-5-13-42)51-33(59)19-46-36(62)24(9-11-30(43)56)52-38(64)25(10-12-31(44)57)50-32(58)18-47-37(63)27-16-23(55)17-45-27/h21-29,45,55H,4-20,42H2,1-3H3,(H2,43,56)(H2,44,57)(H,46,62)(H,47,63)(H,48,61)(H,49,65)(H,50,58)(H,51,59)(H,52,64)(H,53,66)(H,67,68)/t22-,23+,24-,25-,26-,27-,28-,29-/m0/s1. The van der Waals surface area contributed by atoms with Gasteiger partial charge in [0.2, 0.25) is 65.0 Å². The molecule has 11 amide bonds. The normalized spacial score (nSPS) is 18.7. The highest BCUT2D eigenvalue weighted by molar-refractivity contribution is 5.97. The lowest BCUT2D eigenvalue weighted by Crippen LogP contribution is -2.57. The summed E-state index contributed by atoms with van der Waals surface area (Å²) in [6.45, 7) is 3.72. The Hall–Kier alpha value is -6.48. The van der Waals surface area contributed by atoms with Crippen molar-refractivity contribution in [3.8, 4) is 0 Å². The van der Waals surface area contributed by atoms with Gasteiger partial charge in [-0.1, -0.05) is 13.8 Å². The summed E-state index contributed by atoms with van der Waals surface area (Å²) in [6, 6.07) is -8.28. The van der Waals surface area contributed by atoms with E-state index in [0.717, 1.165) is 0 Å². The number of aliphatic hydroxyl groups excluding tert-OH is 1. The van der Waals surface area contributed by atoms with Crippen molar-refractivity contribution < 1.29 is 67.7 Å². The molecule has 8 atom stereocenters. The highest BCUT2D eigenvalue weighted by Gasteiger charge is 2.36. The van der Waals surface area contributed by atoms with Crippen LogP contribution in [0.1, 0.15) is 91.4 Å². The van der Waals surface area contributed by atoms with Gasteiger partial charge in [-0.25, -0.2) is 4.79 Å². The second kappa shape index (κ2) is 29.3. The molecule has 17 N–H and O–H groups in total. The van der Waals surface area contributed by atoms with E-state index < -0.39 is 145 Å². The summed E-state index contributed by atoms with van der Waals surface area (Å²) in [4.78, 5) is 153. The van der Waals surface area contributed by atoms with Crippen molar-refractivity contribution in [2.24, 2.45) is 23.1 Å². The summed E-state index contributed by atoms with van der Waals surface area (Å²) in [5.74, 6) is -10.1. The van der Waals surface area contributed by atoms with Gasteiger partial charge in [-0.05, 0) is 77.2 Å². The maximum Gasteiger partial charge on any atom is 0.326 e. The predicted molar refractivity (Wildman–Crippen MR) is 238 cm³/mol. The molecule has 27 nitrogen and oxygen atoms in total. The number of nitrogens with zero attached hydrogens (tertiary/aromatic N) is 1. The summed E-state index contributed by atoms with van der Waals surface area (Å²) in [6.07, 6.45) is -0.0559. The Morgan fingerprint density at radius 2 is 1.24 bits per heavy atom. The zero-order valence-electron chi connectivity index (χ0n) is 38.7. The van der Waals surface area contributed by atoms with Crippen molar-refractivity contribution in [3.63, 3.8) is 0 Å². The van der Waals surface area contributed by atoms with Crippen molar-refractivity contribution in [2.75, 3.05) is 39.3 Å². The third-order valence-corrected chi connectivity index (χ3v) is 10.9. The molecule has 0 spiro atoms. The Bertz CT molecular complexity index is 1830. The number of primary amides is 2. The highest BCUT2D eigenvalue weighted by atomic mass is 16.4. The molecule has 68 heavy (non-hydrogen) atoms. The van der Waals surface area contributed by atoms with E-state index in [1.54, 1.807) is 13.8 Å². The summed E-state index contributed by atoms with van der Waals surface area (Å²) >= 11 is 0. The molecule has 0 aromatic rings. The Labute approximate surface area is 393 Å². The molecular formula is C41H69N13O14. The Morgan fingerprint density at radius 3 is 1.79 bits per heavy atom. The minimum Gasteiger partial charge on any atom is -0.480 e. The number of hydrogen-bond donors (Lipinski definition) is 14. The molecule has 0 aliphatic carbocycles. The van der Waals surface area contributed by atoms with Crippen molar-refractivity contribution in [2.45, 2.75) is 140 Å². The number of carboxylic acids is 1. The zero-order valence-corrected chi connectivity index (χ0v) is 38.7. The maximum absolute atomic E-state index is 13.4. The lowest BCUT2D eigenvalue weighted by molar-refractivity contribution is -0.144. The van der Waals surface area contributed by atoms with Gasteiger partial charge >= 0.3 is 5.97 Å². The minimum absolute atomic E-state index is 0.0759. The molecule has 0 aromatic heterocycles. The molecule has 2 rings (SSSR count). The number of likely N-dealkylation sites (tertiary alicyclic amines) is 1. The average Bonchev–Trinajstić information content (AvgIpc) is 3.95. The van der Waals surface area contributed by atoms with Gasteiger partial charge in [0.25, 0.3) is 0 Å². The number of aliphatic hydroxyl groups is 1. The second-order valence-electron chi connectivity index (χ2n) is 17.1. The highest BCUT2D eigenvalue weighted by Crippen LogP contribution is 2.18. The first-order valence-corrected chi connectivity index (χ1v) is 22.6. The first kappa shape index (κ1) is 57.6.